The second kappa shape index (κ2) is 51.1. The third kappa shape index (κ3) is 33.2. The zero-order valence-corrected chi connectivity index (χ0v) is 92.4. The highest BCUT2D eigenvalue weighted by Crippen LogP contribution is 2.38. The number of amides is 4. The number of likely N-dealkylation sites (tertiary alicyclic amines) is 2. The average Bonchev–Trinajstić information content (AvgIpc) is 1.58. The van der Waals surface area contributed by atoms with Crippen LogP contribution in [0.3, 0.4) is 0 Å². The topological polar surface area (TPSA) is 381 Å². The first-order valence-electron chi connectivity index (χ1n) is 44.5. The van der Waals surface area contributed by atoms with Gasteiger partial charge in [0.2, 0.25) is 0 Å². The van der Waals surface area contributed by atoms with Crippen molar-refractivity contribution in [3.8, 4) is 0 Å². The number of carbonyl (C=O) groups excluding carboxylic acids is 4. The zero-order chi connectivity index (χ0) is 104. The number of hydrogen-bond acceptors (Lipinski definition) is 25. The monoisotopic (exact) mass is 2350 g/mol. The summed E-state index contributed by atoms with van der Waals surface area (Å²) < 4.78 is 29.7. The first-order chi connectivity index (χ1) is 67.5. The maximum Gasteiger partial charge on any atom is 0.420 e. The standard InChI is InChI=1S/C27H34Cl2N6O4.C17H15Cl3N4O2.C17H18Cl2N6.C12H7Cl3N4.C10H20N2O2.C6H2Cl3N3.C6H6ClN.HI/c1-26(2,3)38-24(36)33-12-8-10-18(16-33)31-21-14-22(35-23(32-21)20(29)15-30-35)34(25(37)39-27(4,5)6)19-11-7-9-17(28)13-19;1-17(2,3)26-16(25)23(11-6-4-5-10(18)7-11)14-8-13(20)22-15-12(19)9-21-24(14)15;18-11-3-1-4-12(7-11)23-16-8-15(22-13-5-2-6-20-9-13)24-17-14(19)10-21-25(16)17;13-7-2-1-3-8(4-7)17-11-5-10(15)18-12-9(14)6-16-19(11)12;1-10(2,3)14-9(13)12-6-4-5-8(11)7-12;7-3-2-10-12-5(9)1-4(8)11-6(3)12;7-5-2-1-3-6(8)4-5;/h7,9,11,13-15,18H,8,10,12,16H2,1-6H3,(H,31,32);4-9H,1-3H3;1,3-4,7-8,10,13,20,23H,2,5-6,9H2,(H,22,24);1-6,17H;8H,4-7,11H2,1-3H3;1-2H;1-4H,8H2;1H/p-1/t18-;;13-;;8-;;;/m0.0.0.../s1. The molecule has 144 heavy (non-hydrogen) atoms. The summed E-state index contributed by atoms with van der Waals surface area (Å²) in [6.07, 6.45) is 11.5. The van der Waals surface area contributed by atoms with Gasteiger partial charge in [0.15, 0.2) is 28.2 Å². The van der Waals surface area contributed by atoms with Crippen molar-refractivity contribution in [1.29, 1.82) is 0 Å². The maximum atomic E-state index is 13.5. The molecule has 49 heteroatoms. The number of nitrogens with two attached hydrogens (primary N) is 2. The molecular formula is C95H102Cl14IN26O8-. The Hall–Kier alpha value is -10.0. The van der Waals surface area contributed by atoms with Crippen molar-refractivity contribution in [3.63, 3.8) is 0 Å². The molecule has 4 amide bonds. The molecule has 3 saturated heterocycles. The van der Waals surface area contributed by atoms with E-state index in [9.17, 15) is 19.2 Å². The third-order valence-corrected chi connectivity index (χ3v) is 23.3. The molecule has 10 aromatic heterocycles. The van der Waals surface area contributed by atoms with Crippen molar-refractivity contribution in [2.24, 2.45) is 5.73 Å². The van der Waals surface area contributed by atoms with Crippen LogP contribution < -0.4 is 71.8 Å². The number of ether oxygens (including phenoxy) is 4. The van der Waals surface area contributed by atoms with Gasteiger partial charge in [-0.15, -0.1) is 0 Å². The first-order valence-corrected chi connectivity index (χ1v) is 49.7. The number of piperidine rings is 3. The van der Waals surface area contributed by atoms with Crippen LogP contribution >= 0.6 is 162 Å². The van der Waals surface area contributed by atoms with Crippen LogP contribution in [-0.4, -0.2) is 187 Å². The van der Waals surface area contributed by atoms with Gasteiger partial charge in [0, 0.05) is 123 Å². The van der Waals surface area contributed by atoms with Crippen molar-refractivity contribution in [2.45, 2.75) is 162 Å². The lowest BCUT2D eigenvalue weighted by Crippen LogP contribution is -3.00. The molecule has 3 atom stereocenters. The van der Waals surface area contributed by atoms with Gasteiger partial charge in [0.1, 0.15) is 103 Å². The van der Waals surface area contributed by atoms with Crippen LogP contribution in [0.2, 0.25) is 70.8 Å². The maximum absolute atomic E-state index is 13.5. The first kappa shape index (κ1) is 114. The number of hydrogen-bond donors (Lipinski definition) is 7. The molecule has 0 aliphatic carbocycles. The predicted molar refractivity (Wildman–Crippen MR) is 574 cm³/mol. The molecule has 0 bridgehead atoms. The Labute approximate surface area is 917 Å². The number of nitrogens with one attached hydrogen (secondary N) is 5. The highest BCUT2D eigenvalue weighted by Gasteiger charge is 2.34. The quantitative estimate of drug-likeness (QED) is 0.0258. The van der Waals surface area contributed by atoms with Crippen molar-refractivity contribution in [3.05, 3.63) is 253 Å². The SMILES string of the molecule is CC(C)(C)OC(=O)N(c1cccc(Cl)c1)c1cc(Cl)nc2c(Cl)cnn12.CC(C)(C)OC(=O)N1CCC[C@H](N)C1.CC(C)(C)OC(=O)N1CCC[C@H](Nc2cc(N(C(=O)OC(C)(C)C)c3cccc(Cl)c3)n3ncc(Cl)c3n2)C1.Clc1cc(Cl)n2ncc(Cl)c2n1.Clc1cccc(Nc2cc(Cl)nc3c(Cl)cnn23)c1.Clc1cccc(Nc2cc(N[C@H]3CCCNC3)nc3c(Cl)cnn23)c1.Nc1cccc(Cl)c1.[I-]. The summed E-state index contributed by atoms with van der Waals surface area (Å²) in [5.74, 6) is 3.34. The summed E-state index contributed by atoms with van der Waals surface area (Å²) >= 11 is 84.1. The molecule has 34 nitrogen and oxygen atoms in total. The third-order valence-electron chi connectivity index (χ3n) is 19.9. The summed E-state index contributed by atoms with van der Waals surface area (Å²) in [4.78, 5) is 78.4. The van der Waals surface area contributed by atoms with Gasteiger partial charge in [-0.3, -0.25) is 0 Å². The van der Waals surface area contributed by atoms with E-state index in [1.54, 1.807) is 158 Å². The van der Waals surface area contributed by atoms with Gasteiger partial charge in [-0.25, -0.2) is 58.4 Å². The van der Waals surface area contributed by atoms with E-state index in [1.165, 1.54) is 60.3 Å². The zero-order valence-electron chi connectivity index (χ0n) is 79.6. The summed E-state index contributed by atoms with van der Waals surface area (Å²) in [5.41, 5.74) is 14.3. The van der Waals surface area contributed by atoms with Gasteiger partial charge in [0.05, 0.1) is 42.4 Å². The van der Waals surface area contributed by atoms with E-state index in [1.807, 2.05) is 90.1 Å². The fourth-order valence-corrected chi connectivity index (χ4v) is 16.7. The van der Waals surface area contributed by atoms with Crippen LogP contribution in [0.25, 0.3) is 28.2 Å². The lowest BCUT2D eigenvalue weighted by molar-refractivity contribution is -0.000144. The van der Waals surface area contributed by atoms with E-state index in [0.29, 0.717) is 160 Å². The van der Waals surface area contributed by atoms with Crippen LogP contribution in [-0.2, 0) is 18.9 Å². The number of carbonyl (C=O) groups is 4. The molecule has 13 heterocycles. The van der Waals surface area contributed by atoms with Gasteiger partial charge in [0.25, 0.3) is 0 Å². The molecule has 0 spiro atoms. The summed E-state index contributed by atoms with van der Waals surface area (Å²) in [7, 11) is 0. The molecule has 9 N–H and O–H groups in total. The summed E-state index contributed by atoms with van der Waals surface area (Å²) in [6.45, 7) is 26.3. The van der Waals surface area contributed by atoms with E-state index in [4.69, 9.17) is 193 Å². The molecule has 18 rings (SSSR count). The molecular weight excluding hydrogens is 2260 g/mol. The molecule has 0 unspecified atom stereocenters. The van der Waals surface area contributed by atoms with Crippen LogP contribution in [0, 0.1) is 0 Å². The number of nitrogen functional groups attached to an aromatic ring is 1. The van der Waals surface area contributed by atoms with Crippen molar-refractivity contribution in [2.75, 3.05) is 76.1 Å². The fraction of sp³-hybridized carbons (Fsp3) is 0.326. The van der Waals surface area contributed by atoms with E-state index in [0.717, 1.165) is 81.2 Å². The minimum atomic E-state index is -0.754. The normalized spacial score (nSPS) is 14.7. The molecule has 766 valence electrons. The van der Waals surface area contributed by atoms with Crippen LogP contribution in [0.4, 0.5) is 82.5 Å². The Morgan fingerprint density at radius 3 is 1.20 bits per heavy atom. The Balaban J connectivity index is 0.000000168. The van der Waals surface area contributed by atoms with E-state index < -0.39 is 34.6 Å². The number of rotatable bonds is 12. The van der Waals surface area contributed by atoms with Gasteiger partial charge < -0.3 is 90.8 Å². The Morgan fingerprint density at radius 2 is 0.764 bits per heavy atom. The van der Waals surface area contributed by atoms with Gasteiger partial charge in [-0.1, -0.05) is 193 Å². The highest BCUT2D eigenvalue weighted by molar-refractivity contribution is 6.38. The smallest absolute Gasteiger partial charge is 0.420 e. The molecule has 0 saturated carbocycles. The van der Waals surface area contributed by atoms with Crippen LogP contribution in [0.15, 0.2) is 183 Å². The van der Waals surface area contributed by atoms with Gasteiger partial charge in [-0.05, 0) is 219 Å². The highest BCUT2D eigenvalue weighted by atomic mass is 127. The van der Waals surface area contributed by atoms with Gasteiger partial charge in [-0.2, -0.15) is 43.6 Å². The Bertz CT molecular complexity index is 6970. The average molecular weight is 2360 g/mol. The minimum Gasteiger partial charge on any atom is -1.00 e. The van der Waals surface area contributed by atoms with E-state index in [2.05, 4.69) is 77.0 Å². The van der Waals surface area contributed by atoms with Crippen LogP contribution in [0.1, 0.15) is 122 Å². The second-order valence-corrected chi connectivity index (χ2v) is 42.1. The number of fused-ring (bicyclic) bond motifs is 5. The molecule has 0 radical (unpaired) electrons. The molecule has 3 aliphatic rings. The summed E-state index contributed by atoms with van der Waals surface area (Å²) in [6, 6.07) is 44.3. The number of benzene rings is 5. The predicted octanol–water partition coefficient (Wildman–Crippen LogP) is 24.0. The number of nitrogens with zero attached hydrogens (tertiary/aromatic N) is 19. The van der Waals surface area contributed by atoms with Crippen molar-refractivity contribution < 1.29 is 62.1 Å². The second-order valence-electron chi connectivity index (χ2n) is 36.3. The van der Waals surface area contributed by atoms with E-state index in [-0.39, 0.29) is 53.4 Å². The number of aromatic nitrogens is 15. The number of halogens is 15. The molecule has 5 aromatic carbocycles. The largest absolute Gasteiger partial charge is 1.00 e. The van der Waals surface area contributed by atoms with Crippen molar-refractivity contribution in [1.82, 2.24) is 88.1 Å². The number of anilines is 11. The van der Waals surface area contributed by atoms with Crippen LogP contribution in [0.5, 0.6) is 0 Å². The molecule has 15 aromatic rings. The molecule has 3 aliphatic heterocycles. The minimum absolute atomic E-state index is 0. The summed E-state index contributed by atoms with van der Waals surface area (Å²) in [5, 5.41) is 43.8. The lowest BCUT2D eigenvalue weighted by atomic mass is 10.1. The lowest BCUT2D eigenvalue weighted by Gasteiger charge is -2.34. The fourth-order valence-electron chi connectivity index (χ4n) is 14.1. The van der Waals surface area contributed by atoms with Gasteiger partial charge >= 0.3 is 24.4 Å². The van der Waals surface area contributed by atoms with Crippen molar-refractivity contribution >= 4 is 278 Å². The Morgan fingerprint density at radius 1 is 0.396 bits per heavy atom. The molecule has 3 fully saturated rings. The Kier molecular flexibility index (Phi) is 40.5. The van der Waals surface area contributed by atoms with E-state index >= 15 is 0 Å².